The minimum absolute atomic E-state index is 0.874. The van der Waals surface area contributed by atoms with Gasteiger partial charge in [-0.3, -0.25) is 0 Å². The first-order valence-electron chi connectivity index (χ1n) is 5.62. The summed E-state index contributed by atoms with van der Waals surface area (Å²) in [6, 6.07) is 2.40. The summed E-state index contributed by atoms with van der Waals surface area (Å²) in [6.45, 7) is 1.02. The quantitative estimate of drug-likeness (QED) is 0.803. The fourth-order valence-corrected chi connectivity index (χ4v) is 3.38. The molecule has 2 rings (SSSR count). The molecule has 1 N–H and O–H groups in total. The van der Waals surface area contributed by atoms with E-state index < -0.39 is 0 Å². The third-order valence-electron chi connectivity index (χ3n) is 3.06. The van der Waals surface area contributed by atoms with E-state index >= 15 is 0 Å². The Hall–Kier alpha value is -0.340. The number of hydrogen-bond acceptors (Lipinski definition) is 2. The topological polar surface area (TPSA) is 12.0 Å². The molecule has 1 nitrogen and oxygen atoms in total. The van der Waals surface area contributed by atoms with Crippen molar-refractivity contribution in [2.24, 2.45) is 0 Å². The van der Waals surface area contributed by atoms with E-state index in [1.165, 1.54) is 37.7 Å². The van der Waals surface area contributed by atoms with Gasteiger partial charge in [0.15, 0.2) is 0 Å². The second-order valence-corrected chi connectivity index (χ2v) is 5.17. The van der Waals surface area contributed by atoms with Crippen molar-refractivity contribution in [3.8, 4) is 0 Å². The molecule has 1 aliphatic rings. The van der Waals surface area contributed by atoms with Crippen LogP contribution in [0.25, 0.3) is 0 Å². The van der Waals surface area contributed by atoms with Crippen LogP contribution in [-0.2, 0) is 6.54 Å². The first kappa shape index (κ1) is 10.2. The fourth-order valence-electron chi connectivity index (χ4n) is 2.29. The summed E-state index contributed by atoms with van der Waals surface area (Å²) in [6.07, 6.45) is 7.15. The number of hydrogen-bond donors (Lipinski definition) is 1. The molecule has 0 amide bonds. The molecule has 1 aromatic heterocycles. The van der Waals surface area contributed by atoms with Crippen molar-refractivity contribution >= 4 is 11.3 Å². The maximum Gasteiger partial charge on any atom is 0.0210 e. The van der Waals surface area contributed by atoms with Gasteiger partial charge in [0, 0.05) is 11.4 Å². The van der Waals surface area contributed by atoms with Crippen LogP contribution < -0.4 is 5.32 Å². The summed E-state index contributed by atoms with van der Waals surface area (Å²) in [5.74, 6) is 0.874. The lowest BCUT2D eigenvalue weighted by Crippen LogP contribution is -2.04. The Bertz CT molecular complexity index is 274. The molecule has 0 atom stereocenters. The van der Waals surface area contributed by atoms with E-state index in [-0.39, 0.29) is 0 Å². The number of rotatable bonds is 3. The largest absolute Gasteiger partial charge is 0.316 e. The van der Waals surface area contributed by atoms with Gasteiger partial charge >= 0.3 is 0 Å². The van der Waals surface area contributed by atoms with Gasteiger partial charge in [0.25, 0.3) is 0 Å². The molecule has 1 saturated carbocycles. The van der Waals surface area contributed by atoms with E-state index in [9.17, 15) is 0 Å². The SMILES string of the molecule is CNCc1csc(C2CCCCC2)c1. The molecule has 1 aromatic rings. The normalized spacial score (nSPS) is 18.6. The van der Waals surface area contributed by atoms with E-state index in [4.69, 9.17) is 0 Å². The summed E-state index contributed by atoms with van der Waals surface area (Å²) in [5, 5.41) is 5.51. The molecule has 0 aliphatic heterocycles. The van der Waals surface area contributed by atoms with Crippen LogP contribution in [0.2, 0.25) is 0 Å². The maximum atomic E-state index is 3.21. The summed E-state index contributed by atoms with van der Waals surface area (Å²) in [4.78, 5) is 1.62. The summed E-state index contributed by atoms with van der Waals surface area (Å²) in [5.41, 5.74) is 1.46. The Morgan fingerprint density at radius 3 is 2.86 bits per heavy atom. The van der Waals surface area contributed by atoms with E-state index in [2.05, 4.69) is 16.8 Å². The fraction of sp³-hybridized carbons (Fsp3) is 0.667. The second kappa shape index (κ2) is 4.94. The number of thiophene rings is 1. The Balaban J connectivity index is 2.00. The average Bonchev–Trinajstić information content (AvgIpc) is 2.68. The van der Waals surface area contributed by atoms with Gasteiger partial charge in [-0.05, 0) is 42.8 Å². The minimum Gasteiger partial charge on any atom is -0.316 e. The molecule has 0 aromatic carbocycles. The van der Waals surface area contributed by atoms with Crippen molar-refractivity contribution in [1.29, 1.82) is 0 Å². The third-order valence-corrected chi connectivity index (χ3v) is 4.21. The van der Waals surface area contributed by atoms with Crippen LogP contribution in [0, 0.1) is 0 Å². The van der Waals surface area contributed by atoms with Gasteiger partial charge in [-0.2, -0.15) is 0 Å². The average molecular weight is 209 g/mol. The number of nitrogens with one attached hydrogen (secondary N) is 1. The molecule has 1 fully saturated rings. The van der Waals surface area contributed by atoms with Gasteiger partial charge in [-0.25, -0.2) is 0 Å². The van der Waals surface area contributed by atoms with E-state index in [1.807, 2.05) is 18.4 Å². The zero-order valence-corrected chi connectivity index (χ0v) is 9.70. The zero-order chi connectivity index (χ0) is 9.80. The van der Waals surface area contributed by atoms with Gasteiger partial charge in [0.05, 0.1) is 0 Å². The predicted octanol–water partition coefficient (Wildman–Crippen LogP) is 3.52. The highest BCUT2D eigenvalue weighted by molar-refractivity contribution is 7.10. The lowest BCUT2D eigenvalue weighted by Gasteiger charge is -2.19. The zero-order valence-electron chi connectivity index (χ0n) is 8.88. The van der Waals surface area contributed by atoms with Crippen LogP contribution in [0.3, 0.4) is 0 Å². The lowest BCUT2D eigenvalue weighted by atomic mass is 9.88. The van der Waals surface area contributed by atoms with Crippen molar-refractivity contribution in [2.75, 3.05) is 7.05 Å². The van der Waals surface area contributed by atoms with Crippen LogP contribution >= 0.6 is 11.3 Å². The van der Waals surface area contributed by atoms with Gasteiger partial charge in [0.1, 0.15) is 0 Å². The third kappa shape index (κ3) is 2.37. The molecular weight excluding hydrogens is 190 g/mol. The van der Waals surface area contributed by atoms with Crippen LogP contribution in [0.15, 0.2) is 11.4 Å². The van der Waals surface area contributed by atoms with Crippen molar-refractivity contribution < 1.29 is 0 Å². The van der Waals surface area contributed by atoms with Gasteiger partial charge in [0.2, 0.25) is 0 Å². The standard InChI is InChI=1S/C12H19NS/c1-13-8-10-7-12(14-9-10)11-5-3-2-4-6-11/h7,9,11,13H,2-6,8H2,1H3. The molecule has 78 valence electrons. The molecule has 0 unspecified atom stereocenters. The molecular formula is C12H19NS. The predicted molar refractivity (Wildman–Crippen MR) is 62.9 cm³/mol. The molecule has 0 saturated heterocycles. The van der Waals surface area contributed by atoms with Gasteiger partial charge in [-0.1, -0.05) is 19.3 Å². The molecule has 14 heavy (non-hydrogen) atoms. The monoisotopic (exact) mass is 209 g/mol. The van der Waals surface area contributed by atoms with Crippen molar-refractivity contribution in [3.05, 3.63) is 21.9 Å². The van der Waals surface area contributed by atoms with Crippen LogP contribution in [0.1, 0.15) is 48.5 Å². The van der Waals surface area contributed by atoms with Gasteiger partial charge in [-0.15, -0.1) is 11.3 Å². The molecule has 1 aliphatic carbocycles. The highest BCUT2D eigenvalue weighted by atomic mass is 32.1. The van der Waals surface area contributed by atoms with E-state index in [1.54, 1.807) is 4.88 Å². The van der Waals surface area contributed by atoms with Crippen molar-refractivity contribution in [2.45, 2.75) is 44.6 Å². The van der Waals surface area contributed by atoms with Crippen LogP contribution in [0.4, 0.5) is 0 Å². The maximum absolute atomic E-state index is 3.21. The summed E-state index contributed by atoms with van der Waals surface area (Å²) >= 11 is 1.96. The summed E-state index contributed by atoms with van der Waals surface area (Å²) < 4.78 is 0. The lowest BCUT2D eigenvalue weighted by molar-refractivity contribution is 0.448. The first-order valence-corrected chi connectivity index (χ1v) is 6.50. The Kier molecular flexibility index (Phi) is 3.60. The van der Waals surface area contributed by atoms with Crippen molar-refractivity contribution in [1.82, 2.24) is 5.32 Å². The van der Waals surface area contributed by atoms with E-state index in [0.29, 0.717) is 0 Å². The Morgan fingerprint density at radius 2 is 2.14 bits per heavy atom. The summed E-state index contributed by atoms with van der Waals surface area (Å²) in [7, 11) is 2.01. The molecule has 2 heteroatoms. The highest BCUT2D eigenvalue weighted by Crippen LogP contribution is 2.35. The second-order valence-electron chi connectivity index (χ2n) is 4.22. The van der Waals surface area contributed by atoms with E-state index in [0.717, 1.165) is 12.5 Å². The molecule has 1 heterocycles. The molecule has 0 spiro atoms. The Labute approximate surface area is 90.5 Å². The molecule has 0 bridgehead atoms. The van der Waals surface area contributed by atoms with Gasteiger partial charge < -0.3 is 5.32 Å². The Morgan fingerprint density at radius 1 is 1.36 bits per heavy atom. The van der Waals surface area contributed by atoms with Crippen LogP contribution in [-0.4, -0.2) is 7.05 Å². The highest BCUT2D eigenvalue weighted by Gasteiger charge is 2.16. The van der Waals surface area contributed by atoms with Crippen LogP contribution in [0.5, 0.6) is 0 Å². The first-order chi connectivity index (χ1) is 6.90. The van der Waals surface area contributed by atoms with Crippen molar-refractivity contribution in [3.63, 3.8) is 0 Å². The smallest absolute Gasteiger partial charge is 0.0210 e. The molecule has 0 radical (unpaired) electrons. The minimum atomic E-state index is 0.874.